The quantitative estimate of drug-likeness (QED) is 0.698. The van der Waals surface area contributed by atoms with Gasteiger partial charge in [0.15, 0.2) is 5.76 Å². The number of benzene rings is 2. The Morgan fingerprint density at radius 3 is 2.40 bits per heavy atom. The lowest BCUT2D eigenvalue weighted by atomic mass is 10.1. The predicted octanol–water partition coefficient (Wildman–Crippen LogP) is 4.35. The summed E-state index contributed by atoms with van der Waals surface area (Å²) in [4.78, 5) is 12.2. The molecule has 0 saturated heterocycles. The third-order valence-electron chi connectivity index (χ3n) is 3.93. The van der Waals surface area contributed by atoms with E-state index in [4.69, 9.17) is 9.15 Å². The van der Waals surface area contributed by atoms with Crippen LogP contribution in [-0.4, -0.2) is 5.91 Å². The molecule has 3 rings (SSSR count). The second-order valence-corrected chi connectivity index (χ2v) is 5.67. The summed E-state index contributed by atoms with van der Waals surface area (Å²) < 4.78 is 11.3. The van der Waals surface area contributed by atoms with E-state index < -0.39 is 0 Å². The molecule has 3 aromatic rings. The Bertz CT molecular complexity index is 824. The molecule has 1 aromatic heterocycles. The van der Waals surface area contributed by atoms with Crippen LogP contribution < -0.4 is 10.1 Å². The summed E-state index contributed by atoms with van der Waals surface area (Å²) in [5, 5.41) is 2.90. The van der Waals surface area contributed by atoms with E-state index in [1.54, 1.807) is 6.07 Å². The molecule has 0 aliphatic rings. The van der Waals surface area contributed by atoms with E-state index in [1.165, 1.54) is 0 Å². The van der Waals surface area contributed by atoms with Crippen molar-refractivity contribution in [3.05, 3.63) is 89.4 Å². The van der Waals surface area contributed by atoms with Crippen molar-refractivity contribution in [2.24, 2.45) is 0 Å². The molecule has 1 amide bonds. The van der Waals surface area contributed by atoms with Crippen molar-refractivity contribution in [1.82, 2.24) is 5.32 Å². The Labute approximate surface area is 147 Å². The summed E-state index contributed by atoms with van der Waals surface area (Å²) >= 11 is 0. The topological polar surface area (TPSA) is 51.5 Å². The maximum Gasteiger partial charge on any atom is 0.287 e. The van der Waals surface area contributed by atoms with E-state index in [0.29, 0.717) is 18.9 Å². The monoisotopic (exact) mass is 335 g/mol. The number of carbonyl (C=O) groups excluding carboxylic acids is 1. The number of hydrogen-bond donors (Lipinski definition) is 1. The average Bonchev–Trinajstić information content (AvgIpc) is 3.15. The fraction of sp³-hybridized carbons (Fsp3) is 0.190. The van der Waals surface area contributed by atoms with Crippen molar-refractivity contribution in [2.45, 2.75) is 26.5 Å². The minimum absolute atomic E-state index is 0.210. The third-order valence-corrected chi connectivity index (χ3v) is 3.93. The Kier molecular flexibility index (Phi) is 5.52. The first-order valence-corrected chi connectivity index (χ1v) is 8.38. The van der Waals surface area contributed by atoms with E-state index in [2.05, 4.69) is 5.32 Å². The first kappa shape index (κ1) is 16.8. The Morgan fingerprint density at radius 1 is 0.960 bits per heavy atom. The summed E-state index contributed by atoms with van der Waals surface area (Å²) in [5.41, 5.74) is 2.06. The minimum Gasteiger partial charge on any atom is -0.489 e. The van der Waals surface area contributed by atoms with Gasteiger partial charge in [-0.2, -0.15) is 0 Å². The Balaban J connectivity index is 1.61. The number of hydrogen-bond acceptors (Lipinski definition) is 3. The molecule has 0 unspecified atom stereocenters. The van der Waals surface area contributed by atoms with Crippen molar-refractivity contribution in [3.8, 4) is 5.75 Å². The number of ether oxygens (including phenoxy) is 1. The van der Waals surface area contributed by atoms with E-state index in [0.717, 1.165) is 29.1 Å². The minimum atomic E-state index is -0.210. The van der Waals surface area contributed by atoms with Crippen molar-refractivity contribution in [1.29, 1.82) is 0 Å². The fourth-order valence-corrected chi connectivity index (χ4v) is 2.50. The average molecular weight is 335 g/mol. The van der Waals surface area contributed by atoms with Crippen LogP contribution in [0.1, 0.15) is 34.4 Å². The molecule has 25 heavy (non-hydrogen) atoms. The van der Waals surface area contributed by atoms with Gasteiger partial charge in [-0.15, -0.1) is 0 Å². The molecule has 1 heterocycles. The van der Waals surface area contributed by atoms with Gasteiger partial charge in [0, 0.05) is 13.0 Å². The number of carbonyl (C=O) groups is 1. The number of para-hydroxylation sites is 1. The standard InChI is InChI=1S/C21H21NO3/c1-2-18-12-13-20(25-18)21(23)22-14-16-8-6-7-9-17(16)15-24-19-10-4-3-5-11-19/h3-13H,2,14-15H2,1H3,(H,22,23). The van der Waals surface area contributed by atoms with Crippen LogP contribution >= 0.6 is 0 Å². The second kappa shape index (κ2) is 8.20. The Hall–Kier alpha value is -3.01. The lowest BCUT2D eigenvalue weighted by molar-refractivity contribution is 0.0921. The lowest BCUT2D eigenvalue weighted by Crippen LogP contribution is -2.23. The van der Waals surface area contributed by atoms with Gasteiger partial charge in [0.1, 0.15) is 18.1 Å². The molecule has 1 N–H and O–H groups in total. The van der Waals surface area contributed by atoms with E-state index >= 15 is 0 Å². The van der Waals surface area contributed by atoms with Gasteiger partial charge >= 0.3 is 0 Å². The fourth-order valence-electron chi connectivity index (χ4n) is 2.50. The van der Waals surface area contributed by atoms with E-state index in [1.807, 2.05) is 67.6 Å². The van der Waals surface area contributed by atoms with E-state index in [-0.39, 0.29) is 5.91 Å². The normalized spacial score (nSPS) is 10.4. The SMILES string of the molecule is CCc1ccc(C(=O)NCc2ccccc2COc2ccccc2)o1. The van der Waals surface area contributed by atoms with Crippen LogP contribution in [-0.2, 0) is 19.6 Å². The molecule has 0 fully saturated rings. The largest absolute Gasteiger partial charge is 0.489 e. The number of furan rings is 1. The first-order chi connectivity index (χ1) is 12.3. The number of rotatable bonds is 7. The van der Waals surface area contributed by atoms with Crippen LogP contribution in [0.3, 0.4) is 0 Å². The summed E-state index contributed by atoms with van der Waals surface area (Å²) in [5.74, 6) is 1.76. The molecule has 2 aromatic carbocycles. The molecule has 0 atom stereocenters. The highest BCUT2D eigenvalue weighted by molar-refractivity contribution is 5.91. The number of aryl methyl sites for hydroxylation is 1. The highest BCUT2D eigenvalue weighted by Gasteiger charge is 2.11. The highest BCUT2D eigenvalue weighted by Crippen LogP contribution is 2.15. The van der Waals surface area contributed by atoms with Crippen LogP contribution in [0.25, 0.3) is 0 Å². The van der Waals surface area contributed by atoms with Crippen LogP contribution in [0.5, 0.6) is 5.75 Å². The van der Waals surface area contributed by atoms with Gasteiger partial charge in [-0.25, -0.2) is 0 Å². The number of amides is 1. The zero-order valence-electron chi connectivity index (χ0n) is 14.2. The van der Waals surface area contributed by atoms with E-state index in [9.17, 15) is 4.79 Å². The molecule has 0 radical (unpaired) electrons. The van der Waals surface area contributed by atoms with Gasteiger partial charge < -0.3 is 14.5 Å². The van der Waals surface area contributed by atoms with Gasteiger partial charge in [-0.1, -0.05) is 49.4 Å². The molecule has 0 aliphatic carbocycles. The maximum absolute atomic E-state index is 12.2. The van der Waals surface area contributed by atoms with Gasteiger partial charge in [-0.3, -0.25) is 4.79 Å². The van der Waals surface area contributed by atoms with Gasteiger partial charge in [0.25, 0.3) is 5.91 Å². The zero-order chi connectivity index (χ0) is 17.5. The summed E-state index contributed by atoms with van der Waals surface area (Å²) in [7, 11) is 0. The smallest absolute Gasteiger partial charge is 0.287 e. The van der Waals surface area contributed by atoms with Crippen LogP contribution in [0.4, 0.5) is 0 Å². The molecule has 128 valence electrons. The summed E-state index contributed by atoms with van der Waals surface area (Å²) in [6.45, 7) is 2.87. The third kappa shape index (κ3) is 4.51. The summed E-state index contributed by atoms with van der Waals surface area (Å²) in [6, 6.07) is 21.1. The van der Waals surface area contributed by atoms with Crippen molar-refractivity contribution in [3.63, 3.8) is 0 Å². The lowest BCUT2D eigenvalue weighted by Gasteiger charge is -2.11. The van der Waals surface area contributed by atoms with Gasteiger partial charge in [-0.05, 0) is 35.4 Å². The van der Waals surface area contributed by atoms with Crippen molar-refractivity contribution >= 4 is 5.91 Å². The molecule has 0 spiro atoms. The van der Waals surface area contributed by atoms with Crippen LogP contribution in [0.2, 0.25) is 0 Å². The zero-order valence-corrected chi connectivity index (χ0v) is 14.2. The van der Waals surface area contributed by atoms with Gasteiger partial charge in [0.05, 0.1) is 0 Å². The number of nitrogens with one attached hydrogen (secondary N) is 1. The van der Waals surface area contributed by atoms with Crippen molar-refractivity contribution < 1.29 is 13.9 Å². The van der Waals surface area contributed by atoms with Crippen LogP contribution in [0, 0.1) is 0 Å². The molecule has 0 aliphatic heterocycles. The molecular formula is C21H21NO3. The molecule has 0 saturated carbocycles. The molecular weight excluding hydrogens is 314 g/mol. The highest BCUT2D eigenvalue weighted by atomic mass is 16.5. The maximum atomic E-state index is 12.2. The molecule has 0 bridgehead atoms. The van der Waals surface area contributed by atoms with Gasteiger partial charge in [0.2, 0.25) is 0 Å². The Morgan fingerprint density at radius 2 is 1.68 bits per heavy atom. The second-order valence-electron chi connectivity index (χ2n) is 5.67. The predicted molar refractivity (Wildman–Crippen MR) is 96.5 cm³/mol. The van der Waals surface area contributed by atoms with Crippen molar-refractivity contribution in [2.75, 3.05) is 0 Å². The molecule has 4 nitrogen and oxygen atoms in total. The first-order valence-electron chi connectivity index (χ1n) is 8.38. The molecule has 4 heteroatoms. The van der Waals surface area contributed by atoms with Crippen LogP contribution in [0.15, 0.2) is 71.1 Å². The summed E-state index contributed by atoms with van der Waals surface area (Å²) in [6.07, 6.45) is 0.771.